The number of hydrogen-bond acceptors (Lipinski definition) is 3. The molecule has 0 amide bonds. The van der Waals surface area contributed by atoms with Crippen molar-refractivity contribution in [1.29, 1.82) is 0 Å². The molecule has 0 fully saturated rings. The highest BCUT2D eigenvalue weighted by Crippen LogP contribution is 2.36. The van der Waals surface area contributed by atoms with Gasteiger partial charge in [0.2, 0.25) is 0 Å². The fourth-order valence-corrected chi connectivity index (χ4v) is 2.54. The fourth-order valence-electron chi connectivity index (χ4n) is 2.54. The molecule has 2 aromatic rings. The van der Waals surface area contributed by atoms with Gasteiger partial charge in [-0.2, -0.15) is 26.3 Å². The summed E-state index contributed by atoms with van der Waals surface area (Å²) in [5.74, 6) is -0.319. The maximum Gasteiger partial charge on any atom is 0.416 e. The van der Waals surface area contributed by atoms with E-state index in [9.17, 15) is 31.1 Å². The Hall–Kier alpha value is -2.97. The van der Waals surface area contributed by atoms with Crippen LogP contribution in [0.5, 0.6) is 5.75 Å². The number of ether oxygens (including phenoxy) is 2. The highest BCUT2D eigenvalue weighted by Gasteiger charge is 2.36. The van der Waals surface area contributed by atoms with Gasteiger partial charge in [-0.1, -0.05) is 12.1 Å². The topological polar surface area (TPSA) is 35.5 Å². The number of allylic oxidation sites excluding steroid dienone is 1. The Labute approximate surface area is 168 Å². The number of carbonyl (C=O) groups is 1. The van der Waals surface area contributed by atoms with Crippen molar-refractivity contribution in [3.8, 4) is 5.75 Å². The molecule has 0 radical (unpaired) electrons. The predicted octanol–water partition coefficient (Wildman–Crippen LogP) is 6.27. The van der Waals surface area contributed by atoms with E-state index in [-0.39, 0.29) is 24.0 Å². The van der Waals surface area contributed by atoms with Crippen LogP contribution in [0.25, 0.3) is 5.57 Å². The SMILES string of the molecule is CCOC(=O)/C=C(\C)c1cccc(OCc2cc(C(F)(F)F)cc(C(F)(F)F)c2)c1. The number of hydrogen-bond donors (Lipinski definition) is 0. The lowest BCUT2D eigenvalue weighted by Gasteiger charge is -2.15. The van der Waals surface area contributed by atoms with Gasteiger partial charge in [-0.3, -0.25) is 0 Å². The van der Waals surface area contributed by atoms with Crippen LogP contribution < -0.4 is 4.74 Å². The summed E-state index contributed by atoms with van der Waals surface area (Å²) in [6, 6.07) is 7.57. The molecule has 0 atom stereocenters. The van der Waals surface area contributed by atoms with Crippen molar-refractivity contribution < 1.29 is 40.6 Å². The van der Waals surface area contributed by atoms with E-state index in [1.165, 1.54) is 18.2 Å². The van der Waals surface area contributed by atoms with E-state index in [0.29, 0.717) is 23.3 Å². The minimum atomic E-state index is -4.93. The second-order valence-electron chi connectivity index (χ2n) is 6.31. The number of benzene rings is 2. The van der Waals surface area contributed by atoms with Gasteiger partial charge < -0.3 is 9.47 Å². The Bertz CT molecular complexity index is 897. The van der Waals surface area contributed by atoms with Gasteiger partial charge in [0.15, 0.2) is 0 Å². The second-order valence-corrected chi connectivity index (χ2v) is 6.31. The smallest absolute Gasteiger partial charge is 0.416 e. The summed E-state index contributed by atoms with van der Waals surface area (Å²) in [6.45, 7) is 3.02. The molecule has 0 heterocycles. The van der Waals surface area contributed by atoms with Crippen molar-refractivity contribution in [2.24, 2.45) is 0 Å². The summed E-state index contributed by atoms with van der Waals surface area (Å²) in [4.78, 5) is 11.5. The molecule has 2 aromatic carbocycles. The number of halogens is 6. The lowest BCUT2D eigenvalue weighted by molar-refractivity contribution is -0.143. The molecule has 0 bridgehead atoms. The summed E-state index contributed by atoms with van der Waals surface area (Å²) in [5, 5.41) is 0. The van der Waals surface area contributed by atoms with Crippen molar-refractivity contribution in [3.63, 3.8) is 0 Å². The zero-order chi connectivity index (χ0) is 22.5. The van der Waals surface area contributed by atoms with Crippen LogP contribution in [0, 0.1) is 0 Å². The first kappa shape index (κ1) is 23.3. The average molecular weight is 432 g/mol. The monoisotopic (exact) mass is 432 g/mol. The molecule has 0 aliphatic rings. The zero-order valence-corrected chi connectivity index (χ0v) is 16.0. The molecule has 162 valence electrons. The van der Waals surface area contributed by atoms with E-state index in [1.54, 1.807) is 26.0 Å². The van der Waals surface area contributed by atoms with Gasteiger partial charge >= 0.3 is 18.3 Å². The normalized spacial score (nSPS) is 12.6. The van der Waals surface area contributed by atoms with Crippen LogP contribution in [-0.2, 0) is 28.5 Å². The highest BCUT2D eigenvalue weighted by molar-refractivity contribution is 5.90. The minimum Gasteiger partial charge on any atom is -0.489 e. The summed E-state index contributed by atoms with van der Waals surface area (Å²) in [6.07, 6.45) is -8.58. The van der Waals surface area contributed by atoms with Crippen LogP contribution in [-0.4, -0.2) is 12.6 Å². The van der Waals surface area contributed by atoms with E-state index in [2.05, 4.69) is 0 Å². The Morgan fingerprint density at radius 3 is 2.10 bits per heavy atom. The molecule has 9 heteroatoms. The van der Waals surface area contributed by atoms with Crippen molar-refractivity contribution in [2.45, 2.75) is 32.8 Å². The summed E-state index contributed by atoms with van der Waals surface area (Å²) in [5.41, 5.74) is -1.95. The fraction of sp³-hybridized carbons (Fsp3) is 0.286. The van der Waals surface area contributed by atoms with Gasteiger partial charge in [0.05, 0.1) is 17.7 Å². The molecule has 0 unspecified atom stereocenters. The van der Waals surface area contributed by atoms with E-state index in [4.69, 9.17) is 9.47 Å². The van der Waals surface area contributed by atoms with Gasteiger partial charge in [-0.25, -0.2) is 4.79 Å². The van der Waals surface area contributed by atoms with E-state index in [1.807, 2.05) is 0 Å². The molecule has 0 saturated carbocycles. The van der Waals surface area contributed by atoms with Crippen LogP contribution >= 0.6 is 0 Å². The largest absolute Gasteiger partial charge is 0.489 e. The Morgan fingerprint density at radius 2 is 1.57 bits per heavy atom. The van der Waals surface area contributed by atoms with Crippen molar-refractivity contribution in [1.82, 2.24) is 0 Å². The third kappa shape index (κ3) is 6.53. The first-order valence-electron chi connectivity index (χ1n) is 8.77. The van der Waals surface area contributed by atoms with E-state index >= 15 is 0 Å². The molecule has 0 saturated heterocycles. The van der Waals surface area contributed by atoms with Gasteiger partial charge in [0.25, 0.3) is 0 Å². The maximum atomic E-state index is 12.9. The van der Waals surface area contributed by atoms with Crippen LogP contribution in [0.3, 0.4) is 0 Å². The lowest BCUT2D eigenvalue weighted by Crippen LogP contribution is -2.12. The molecule has 0 N–H and O–H groups in total. The first-order valence-corrected chi connectivity index (χ1v) is 8.77. The number of rotatable bonds is 6. The lowest BCUT2D eigenvalue weighted by atomic mass is 10.0. The highest BCUT2D eigenvalue weighted by atomic mass is 19.4. The number of alkyl halides is 6. The molecule has 3 nitrogen and oxygen atoms in total. The average Bonchev–Trinajstić information content (AvgIpc) is 2.65. The third-order valence-corrected chi connectivity index (χ3v) is 3.96. The Kier molecular flexibility index (Phi) is 7.17. The maximum absolute atomic E-state index is 12.9. The van der Waals surface area contributed by atoms with Crippen LogP contribution in [0.4, 0.5) is 26.3 Å². The van der Waals surface area contributed by atoms with Crippen LogP contribution in [0.15, 0.2) is 48.5 Å². The molecular formula is C21H18F6O3. The van der Waals surface area contributed by atoms with Crippen molar-refractivity contribution in [2.75, 3.05) is 6.61 Å². The number of carbonyl (C=O) groups excluding carboxylic acids is 1. The standard InChI is InChI=1S/C21H18F6O3/c1-3-29-19(28)7-13(2)15-5-4-6-18(10-15)30-12-14-8-16(20(22,23)24)11-17(9-14)21(25,26)27/h4-11H,3,12H2,1-2H3/b13-7+. The molecule has 0 spiro atoms. The first-order chi connectivity index (χ1) is 13.9. The molecular weight excluding hydrogens is 414 g/mol. The summed E-state index contributed by atoms with van der Waals surface area (Å²) in [7, 11) is 0. The zero-order valence-electron chi connectivity index (χ0n) is 16.0. The van der Waals surface area contributed by atoms with Gasteiger partial charge in [0, 0.05) is 6.08 Å². The Balaban J connectivity index is 2.24. The second kappa shape index (κ2) is 9.23. The van der Waals surface area contributed by atoms with E-state index < -0.39 is 36.1 Å². The van der Waals surface area contributed by atoms with Gasteiger partial charge in [-0.05, 0) is 60.9 Å². The molecule has 30 heavy (non-hydrogen) atoms. The summed E-state index contributed by atoms with van der Waals surface area (Å²) < 4.78 is 87.9. The molecule has 0 aromatic heterocycles. The minimum absolute atomic E-state index is 0.0632. The Morgan fingerprint density at radius 1 is 0.967 bits per heavy atom. The molecule has 0 aliphatic heterocycles. The van der Waals surface area contributed by atoms with Crippen molar-refractivity contribution >= 4 is 11.5 Å². The molecule has 0 aliphatic carbocycles. The summed E-state index contributed by atoms with van der Waals surface area (Å²) >= 11 is 0. The van der Waals surface area contributed by atoms with E-state index in [0.717, 1.165) is 0 Å². The predicted molar refractivity (Wildman–Crippen MR) is 97.5 cm³/mol. The number of esters is 1. The van der Waals surface area contributed by atoms with Crippen LogP contribution in [0.1, 0.15) is 36.1 Å². The quantitative estimate of drug-likeness (QED) is 0.307. The van der Waals surface area contributed by atoms with Crippen LogP contribution in [0.2, 0.25) is 0 Å². The van der Waals surface area contributed by atoms with Crippen molar-refractivity contribution in [3.05, 3.63) is 70.8 Å². The van der Waals surface area contributed by atoms with Gasteiger partial charge in [-0.15, -0.1) is 0 Å². The third-order valence-electron chi connectivity index (χ3n) is 3.96. The molecule has 2 rings (SSSR count). The van der Waals surface area contributed by atoms with Gasteiger partial charge in [0.1, 0.15) is 12.4 Å².